The third-order valence-corrected chi connectivity index (χ3v) is 2.60. The van der Waals surface area contributed by atoms with E-state index in [1.165, 1.54) is 0 Å². The molecule has 0 aromatic carbocycles. The first-order chi connectivity index (χ1) is 4.34. The van der Waals surface area contributed by atoms with Crippen LogP contribution in [-0.4, -0.2) is 10.4 Å². The van der Waals surface area contributed by atoms with Crippen molar-refractivity contribution in [3.8, 4) is 0 Å². The Labute approximate surface area is 66.5 Å². The molecule has 0 amide bonds. The van der Waals surface area contributed by atoms with E-state index in [0.717, 1.165) is 4.88 Å². The molecule has 0 fully saturated rings. The van der Waals surface area contributed by atoms with Crippen molar-refractivity contribution in [3.63, 3.8) is 0 Å². The van der Waals surface area contributed by atoms with Crippen molar-refractivity contribution in [3.05, 3.63) is 22.4 Å². The van der Waals surface area contributed by atoms with Crippen LogP contribution in [0.4, 0.5) is 0 Å². The molecule has 1 unspecified atom stereocenters. The lowest BCUT2D eigenvalue weighted by Gasteiger charge is -2.00. The molecule has 0 radical (unpaired) electrons. The smallest absolute Gasteiger partial charge is 0.0978 e. The molecule has 1 atom stereocenters. The van der Waals surface area contributed by atoms with Crippen molar-refractivity contribution in [2.75, 3.05) is 5.33 Å². The van der Waals surface area contributed by atoms with Gasteiger partial charge in [-0.2, -0.15) is 0 Å². The third kappa shape index (κ3) is 1.78. The highest BCUT2D eigenvalue weighted by molar-refractivity contribution is 9.09. The molecule has 0 spiro atoms. The van der Waals surface area contributed by atoms with Crippen LogP contribution in [0.2, 0.25) is 0 Å². The SMILES string of the molecule is OC(CBr)c1cccs1. The third-order valence-electron chi connectivity index (χ3n) is 1.02. The molecule has 1 N–H and O–H groups in total. The first-order valence-corrected chi connectivity index (χ1v) is 4.62. The molecular formula is C6H7BrOS. The molecule has 1 rings (SSSR count). The highest BCUT2D eigenvalue weighted by Crippen LogP contribution is 2.19. The zero-order valence-corrected chi connectivity index (χ0v) is 7.15. The van der Waals surface area contributed by atoms with E-state index in [0.29, 0.717) is 5.33 Å². The van der Waals surface area contributed by atoms with E-state index in [1.54, 1.807) is 11.3 Å². The van der Waals surface area contributed by atoms with Crippen LogP contribution in [0.3, 0.4) is 0 Å². The molecule has 0 aliphatic heterocycles. The van der Waals surface area contributed by atoms with Gasteiger partial charge >= 0.3 is 0 Å². The summed E-state index contributed by atoms with van der Waals surface area (Å²) in [7, 11) is 0. The molecule has 0 aliphatic rings. The van der Waals surface area contributed by atoms with Crippen molar-refractivity contribution >= 4 is 27.3 Å². The number of aliphatic hydroxyl groups is 1. The lowest BCUT2D eigenvalue weighted by Crippen LogP contribution is -1.93. The first kappa shape index (κ1) is 7.25. The molecule has 0 saturated carbocycles. The van der Waals surface area contributed by atoms with Gasteiger partial charge in [0.1, 0.15) is 0 Å². The maximum Gasteiger partial charge on any atom is 0.0978 e. The maximum absolute atomic E-state index is 9.18. The van der Waals surface area contributed by atoms with Crippen molar-refractivity contribution in [1.29, 1.82) is 0 Å². The molecule has 0 aliphatic carbocycles. The quantitative estimate of drug-likeness (QED) is 0.737. The average Bonchev–Trinajstić information content (AvgIpc) is 2.37. The summed E-state index contributed by atoms with van der Waals surface area (Å²) in [4.78, 5) is 1.02. The molecule has 1 heterocycles. The minimum absolute atomic E-state index is 0.329. The molecule has 1 aromatic heterocycles. The van der Waals surface area contributed by atoms with Crippen LogP contribution in [0.15, 0.2) is 17.5 Å². The second-order valence-corrected chi connectivity index (χ2v) is 3.31. The van der Waals surface area contributed by atoms with Crippen molar-refractivity contribution in [2.45, 2.75) is 6.10 Å². The van der Waals surface area contributed by atoms with E-state index >= 15 is 0 Å². The summed E-state index contributed by atoms with van der Waals surface area (Å²) >= 11 is 4.77. The predicted molar refractivity (Wildman–Crippen MR) is 43.1 cm³/mol. The fourth-order valence-electron chi connectivity index (χ4n) is 0.557. The molecular weight excluding hydrogens is 200 g/mol. The largest absolute Gasteiger partial charge is 0.387 e. The van der Waals surface area contributed by atoms with E-state index in [2.05, 4.69) is 15.9 Å². The van der Waals surface area contributed by atoms with Crippen molar-refractivity contribution < 1.29 is 5.11 Å². The van der Waals surface area contributed by atoms with Gasteiger partial charge in [0, 0.05) is 10.2 Å². The van der Waals surface area contributed by atoms with E-state index in [9.17, 15) is 5.11 Å². The van der Waals surface area contributed by atoms with Gasteiger partial charge in [0.05, 0.1) is 6.10 Å². The fraction of sp³-hybridized carbons (Fsp3) is 0.333. The van der Waals surface area contributed by atoms with Crippen molar-refractivity contribution in [2.24, 2.45) is 0 Å². The van der Waals surface area contributed by atoms with Gasteiger partial charge in [0.2, 0.25) is 0 Å². The van der Waals surface area contributed by atoms with Gasteiger partial charge < -0.3 is 5.11 Å². The van der Waals surface area contributed by atoms with Crippen LogP contribution in [0, 0.1) is 0 Å². The second-order valence-electron chi connectivity index (χ2n) is 1.69. The zero-order valence-electron chi connectivity index (χ0n) is 4.75. The Kier molecular flexibility index (Phi) is 2.69. The van der Waals surface area contributed by atoms with E-state index in [1.807, 2.05) is 17.5 Å². The van der Waals surface area contributed by atoms with Gasteiger partial charge in [0.15, 0.2) is 0 Å². The number of rotatable bonds is 2. The second kappa shape index (κ2) is 3.34. The van der Waals surface area contributed by atoms with Crippen LogP contribution in [0.5, 0.6) is 0 Å². The Hall–Kier alpha value is 0.140. The Morgan fingerprint density at radius 1 is 1.78 bits per heavy atom. The highest BCUT2D eigenvalue weighted by atomic mass is 79.9. The summed E-state index contributed by atoms with van der Waals surface area (Å²) < 4.78 is 0. The fourth-order valence-corrected chi connectivity index (χ4v) is 1.83. The Morgan fingerprint density at radius 2 is 2.56 bits per heavy atom. The van der Waals surface area contributed by atoms with Gasteiger partial charge in [-0.3, -0.25) is 0 Å². The molecule has 1 aromatic rings. The standard InChI is InChI=1S/C6H7BrOS/c7-4-5(8)6-2-1-3-9-6/h1-3,5,8H,4H2. The monoisotopic (exact) mass is 206 g/mol. The molecule has 0 saturated heterocycles. The summed E-state index contributed by atoms with van der Waals surface area (Å²) in [6, 6.07) is 3.86. The summed E-state index contributed by atoms with van der Waals surface area (Å²) in [6.45, 7) is 0. The minimum Gasteiger partial charge on any atom is -0.387 e. The van der Waals surface area contributed by atoms with E-state index < -0.39 is 0 Å². The van der Waals surface area contributed by atoms with Gasteiger partial charge in [-0.1, -0.05) is 22.0 Å². The van der Waals surface area contributed by atoms with Crippen LogP contribution >= 0.6 is 27.3 Å². The van der Waals surface area contributed by atoms with Crippen molar-refractivity contribution in [1.82, 2.24) is 0 Å². The highest BCUT2D eigenvalue weighted by Gasteiger charge is 2.03. The zero-order chi connectivity index (χ0) is 6.69. The predicted octanol–water partition coefficient (Wildman–Crippen LogP) is 2.18. The maximum atomic E-state index is 9.18. The molecule has 0 bridgehead atoms. The van der Waals surface area contributed by atoms with E-state index in [4.69, 9.17) is 0 Å². The number of hydrogen-bond acceptors (Lipinski definition) is 2. The summed E-state index contributed by atoms with van der Waals surface area (Å²) in [5.41, 5.74) is 0. The Bertz CT molecular complexity index is 162. The number of aliphatic hydroxyl groups excluding tert-OH is 1. The number of hydrogen-bond donors (Lipinski definition) is 1. The minimum atomic E-state index is -0.329. The summed E-state index contributed by atoms with van der Waals surface area (Å²) in [6.07, 6.45) is -0.329. The topological polar surface area (TPSA) is 20.2 Å². The lowest BCUT2D eigenvalue weighted by atomic mass is 10.3. The van der Waals surface area contributed by atoms with Crippen LogP contribution in [-0.2, 0) is 0 Å². The number of alkyl halides is 1. The lowest BCUT2D eigenvalue weighted by molar-refractivity contribution is 0.209. The Balaban J connectivity index is 2.65. The Morgan fingerprint density at radius 3 is 3.00 bits per heavy atom. The van der Waals surface area contributed by atoms with E-state index in [-0.39, 0.29) is 6.10 Å². The normalized spacial score (nSPS) is 13.6. The molecule has 50 valence electrons. The summed E-state index contributed by atoms with van der Waals surface area (Å²) in [5.74, 6) is 0. The first-order valence-electron chi connectivity index (χ1n) is 2.62. The number of halogens is 1. The molecule has 1 nitrogen and oxygen atoms in total. The van der Waals surface area contributed by atoms with Gasteiger partial charge in [0.25, 0.3) is 0 Å². The van der Waals surface area contributed by atoms with Gasteiger partial charge in [-0.15, -0.1) is 11.3 Å². The molecule has 9 heavy (non-hydrogen) atoms. The van der Waals surface area contributed by atoms with Gasteiger partial charge in [-0.05, 0) is 11.4 Å². The van der Waals surface area contributed by atoms with Crippen LogP contribution < -0.4 is 0 Å². The number of thiophene rings is 1. The summed E-state index contributed by atoms with van der Waals surface area (Å²) in [5, 5.41) is 11.8. The molecule has 3 heteroatoms. The van der Waals surface area contributed by atoms with Gasteiger partial charge in [-0.25, -0.2) is 0 Å². The average molecular weight is 207 g/mol. The van der Waals surface area contributed by atoms with Crippen LogP contribution in [0.1, 0.15) is 11.0 Å². The van der Waals surface area contributed by atoms with Crippen LogP contribution in [0.25, 0.3) is 0 Å².